The average molecular weight is 392 g/mol. The number of thioether (sulfide) groups is 1. The van der Waals surface area contributed by atoms with Gasteiger partial charge in [-0.15, -0.1) is 11.8 Å². The smallest absolute Gasteiger partial charge is 0.238 e. The summed E-state index contributed by atoms with van der Waals surface area (Å²) >= 11 is 5.14. The van der Waals surface area contributed by atoms with Gasteiger partial charge in [0.15, 0.2) is 11.5 Å². The lowest BCUT2D eigenvalue weighted by Gasteiger charge is -2.25. The summed E-state index contributed by atoms with van der Waals surface area (Å²) in [6.45, 7) is 2.28. The molecule has 2 aromatic carbocycles. The third-order valence-corrected chi connectivity index (χ3v) is 6.07. The van der Waals surface area contributed by atoms with E-state index in [0.29, 0.717) is 5.75 Å². The van der Waals surface area contributed by atoms with Crippen LogP contribution in [0.5, 0.6) is 11.5 Å². The molecule has 23 heavy (non-hydrogen) atoms. The number of nitrogens with zero attached hydrogens (tertiary/aromatic N) is 1. The van der Waals surface area contributed by atoms with Crippen molar-refractivity contribution in [1.29, 1.82) is 0 Å². The zero-order valence-electron chi connectivity index (χ0n) is 12.4. The van der Waals surface area contributed by atoms with Gasteiger partial charge in [0.25, 0.3) is 0 Å². The molecular formula is C17H14BrNO3S. The number of benzene rings is 2. The maximum atomic E-state index is 12.4. The number of anilines is 1. The van der Waals surface area contributed by atoms with Gasteiger partial charge in [-0.1, -0.05) is 22.0 Å². The van der Waals surface area contributed by atoms with Gasteiger partial charge in [0.1, 0.15) is 5.37 Å². The van der Waals surface area contributed by atoms with Crippen molar-refractivity contribution in [2.75, 3.05) is 17.4 Å². The lowest BCUT2D eigenvalue weighted by Crippen LogP contribution is -2.27. The van der Waals surface area contributed by atoms with E-state index < -0.39 is 0 Å². The summed E-state index contributed by atoms with van der Waals surface area (Å²) in [5, 5.41) is -0.0439. The summed E-state index contributed by atoms with van der Waals surface area (Å²) in [7, 11) is 0. The number of halogens is 1. The Labute approximate surface area is 146 Å². The number of amides is 1. The number of hydrogen-bond donors (Lipinski definition) is 0. The zero-order valence-corrected chi connectivity index (χ0v) is 14.8. The van der Waals surface area contributed by atoms with Crippen LogP contribution in [0.2, 0.25) is 0 Å². The van der Waals surface area contributed by atoms with Crippen LogP contribution in [0, 0.1) is 6.92 Å². The molecule has 1 atom stereocenters. The van der Waals surface area contributed by atoms with Crippen LogP contribution in [-0.4, -0.2) is 18.5 Å². The van der Waals surface area contributed by atoms with Crippen LogP contribution in [0.1, 0.15) is 16.5 Å². The van der Waals surface area contributed by atoms with E-state index in [1.165, 1.54) is 0 Å². The lowest BCUT2D eigenvalue weighted by molar-refractivity contribution is -0.115. The first-order chi connectivity index (χ1) is 11.1. The number of carbonyl (C=O) groups is 1. The van der Waals surface area contributed by atoms with Crippen molar-refractivity contribution < 1.29 is 14.3 Å². The largest absolute Gasteiger partial charge is 0.454 e. The normalized spacial score (nSPS) is 19.5. The van der Waals surface area contributed by atoms with E-state index in [1.807, 2.05) is 48.2 Å². The fourth-order valence-electron chi connectivity index (χ4n) is 2.80. The number of ether oxygens (including phenoxy) is 2. The van der Waals surface area contributed by atoms with Gasteiger partial charge in [0, 0.05) is 10.2 Å². The minimum absolute atomic E-state index is 0.0439. The Bertz CT molecular complexity index is 795. The van der Waals surface area contributed by atoms with E-state index >= 15 is 0 Å². The van der Waals surface area contributed by atoms with Gasteiger partial charge in [-0.2, -0.15) is 0 Å². The number of carbonyl (C=O) groups excluding carboxylic acids is 1. The van der Waals surface area contributed by atoms with E-state index in [-0.39, 0.29) is 18.1 Å². The van der Waals surface area contributed by atoms with Crippen LogP contribution in [0.4, 0.5) is 5.69 Å². The second-order valence-electron chi connectivity index (χ2n) is 5.47. The Hall–Kier alpha value is -1.66. The molecule has 0 N–H and O–H groups in total. The quantitative estimate of drug-likeness (QED) is 0.766. The van der Waals surface area contributed by atoms with Crippen molar-refractivity contribution in [3.8, 4) is 11.5 Å². The predicted octanol–water partition coefficient (Wildman–Crippen LogP) is 4.26. The van der Waals surface area contributed by atoms with Crippen LogP contribution >= 0.6 is 27.7 Å². The average Bonchev–Trinajstić information content (AvgIpc) is 3.15. The highest BCUT2D eigenvalue weighted by molar-refractivity contribution is 9.10. The fraction of sp³-hybridized carbons (Fsp3) is 0.235. The molecule has 2 heterocycles. The minimum atomic E-state index is -0.0439. The predicted molar refractivity (Wildman–Crippen MR) is 94.1 cm³/mol. The van der Waals surface area contributed by atoms with Crippen LogP contribution in [0.25, 0.3) is 0 Å². The van der Waals surface area contributed by atoms with Crippen molar-refractivity contribution in [1.82, 2.24) is 0 Å². The van der Waals surface area contributed by atoms with E-state index in [0.717, 1.165) is 32.8 Å². The standard InChI is InChI=1S/C17H14BrNO3S/c1-10-6-12(3-4-13(10)18)19-16(20)8-23-17(19)11-2-5-14-15(7-11)22-9-21-14/h2-7,17H,8-9H2,1H3. The summed E-state index contributed by atoms with van der Waals surface area (Å²) in [5.41, 5.74) is 3.07. The molecule has 0 radical (unpaired) electrons. The van der Waals surface area contributed by atoms with Crippen molar-refractivity contribution in [3.05, 3.63) is 52.0 Å². The Morgan fingerprint density at radius 3 is 2.83 bits per heavy atom. The first-order valence-corrected chi connectivity index (χ1v) is 9.07. The molecule has 118 valence electrons. The molecular weight excluding hydrogens is 378 g/mol. The van der Waals surface area contributed by atoms with E-state index in [9.17, 15) is 4.79 Å². The summed E-state index contributed by atoms with van der Waals surface area (Å²) in [4.78, 5) is 14.3. The Balaban J connectivity index is 1.72. The number of rotatable bonds is 2. The molecule has 0 saturated carbocycles. The molecule has 1 unspecified atom stereocenters. The summed E-state index contributed by atoms with van der Waals surface area (Å²) in [6.07, 6.45) is 0. The highest BCUT2D eigenvalue weighted by Crippen LogP contribution is 2.45. The molecule has 4 rings (SSSR count). The molecule has 6 heteroatoms. The van der Waals surface area contributed by atoms with Crippen LogP contribution < -0.4 is 14.4 Å². The molecule has 0 spiro atoms. The minimum Gasteiger partial charge on any atom is -0.454 e. The maximum Gasteiger partial charge on any atom is 0.238 e. The van der Waals surface area contributed by atoms with Crippen LogP contribution in [-0.2, 0) is 4.79 Å². The van der Waals surface area contributed by atoms with Crippen molar-refractivity contribution in [3.63, 3.8) is 0 Å². The molecule has 1 saturated heterocycles. The Morgan fingerprint density at radius 1 is 1.17 bits per heavy atom. The Kier molecular flexibility index (Phi) is 3.73. The van der Waals surface area contributed by atoms with Gasteiger partial charge < -0.3 is 9.47 Å². The summed E-state index contributed by atoms with van der Waals surface area (Å²) in [6, 6.07) is 11.9. The van der Waals surface area contributed by atoms with Gasteiger partial charge in [-0.05, 0) is 48.4 Å². The second kappa shape index (κ2) is 5.76. The van der Waals surface area contributed by atoms with E-state index in [1.54, 1.807) is 11.8 Å². The molecule has 4 nitrogen and oxygen atoms in total. The molecule has 2 aliphatic heterocycles. The van der Waals surface area contributed by atoms with E-state index in [4.69, 9.17) is 9.47 Å². The highest BCUT2D eigenvalue weighted by atomic mass is 79.9. The lowest BCUT2D eigenvalue weighted by atomic mass is 10.1. The summed E-state index contributed by atoms with van der Waals surface area (Å²) < 4.78 is 11.9. The number of fused-ring (bicyclic) bond motifs is 1. The molecule has 2 aliphatic rings. The van der Waals surface area contributed by atoms with Gasteiger partial charge in [-0.25, -0.2) is 0 Å². The molecule has 2 aromatic rings. The van der Waals surface area contributed by atoms with Gasteiger partial charge >= 0.3 is 0 Å². The number of hydrogen-bond acceptors (Lipinski definition) is 4. The molecule has 1 amide bonds. The van der Waals surface area contributed by atoms with Crippen molar-refractivity contribution >= 4 is 39.3 Å². The maximum absolute atomic E-state index is 12.4. The van der Waals surface area contributed by atoms with Gasteiger partial charge in [0.05, 0.1) is 5.75 Å². The van der Waals surface area contributed by atoms with Crippen molar-refractivity contribution in [2.45, 2.75) is 12.3 Å². The van der Waals surface area contributed by atoms with Gasteiger partial charge in [0.2, 0.25) is 12.7 Å². The van der Waals surface area contributed by atoms with Crippen LogP contribution in [0.15, 0.2) is 40.9 Å². The SMILES string of the molecule is Cc1cc(N2C(=O)CSC2c2ccc3c(c2)OCO3)ccc1Br. The molecule has 0 bridgehead atoms. The number of aryl methyl sites for hydroxylation is 1. The topological polar surface area (TPSA) is 38.8 Å². The van der Waals surface area contributed by atoms with E-state index in [2.05, 4.69) is 15.9 Å². The summed E-state index contributed by atoms with van der Waals surface area (Å²) in [5.74, 6) is 2.11. The molecule has 0 aromatic heterocycles. The second-order valence-corrected chi connectivity index (χ2v) is 7.40. The van der Waals surface area contributed by atoms with Crippen LogP contribution in [0.3, 0.4) is 0 Å². The monoisotopic (exact) mass is 391 g/mol. The third-order valence-electron chi connectivity index (χ3n) is 3.97. The van der Waals surface area contributed by atoms with Gasteiger partial charge in [-0.3, -0.25) is 9.69 Å². The van der Waals surface area contributed by atoms with Crippen molar-refractivity contribution in [2.24, 2.45) is 0 Å². The zero-order chi connectivity index (χ0) is 16.0. The molecule has 0 aliphatic carbocycles. The molecule has 1 fully saturated rings. The third kappa shape index (κ3) is 2.60. The Morgan fingerprint density at radius 2 is 2.00 bits per heavy atom. The fourth-order valence-corrected chi connectivity index (χ4v) is 4.21. The highest BCUT2D eigenvalue weighted by Gasteiger charge is 2.35. The first-order valence-electron chi connectivity index (χ1n) is 7.23. The first kappa shape index (κ1) is 14.9.